The molecule has 2 N–H and O–H groups in total. The number of hydrogen-bond donors (Lipinski definition) is 2. The predicted molar refractivity (Wildman–Crippen MR) is 153 cm³/mol. The quantitative estimate of drug-likeness (QED) is 0.458. The molecule has 0 unspecified atom stereocenters. The van der Waals surface area contributed by atoms with Crippen LogP contribution in [0.4, 0.5) is 0 Å². The number of sulfonamides is 1. The third kappa shape index (κ3) is 7.55. The van der Waals surface area contributed by atoms with Crippen LogP contribution in [0.15, 0.2) is 23.1 Å². The molecule has 2 heterocycles. The van der Waals surface area contributed by atoms with Crippen LogP contribution in [0.5, 0.6) is 0 Å². The van der Waals surface area contributed by atoms with Crippen molar-refractivity contribution in [1.82, 2.24) is 19.8 Å². The van der Waals surface area contributed by atoms with Gasteiger partial charge >= 0.3 is 0 Å². The molecule has 2 fully saturated rings. The molecule has 1 saturated heterocycles. The molecule has 0 atom stereocenters. The molecule has 1 amide bonds. The topological polar surface area (TPSA) is 127 Å². The maximum Gasteiger partial charge on any atom is 0.272 e. The van der Waals surface area contributed by atoms with E-state index >= 15 is 0 Å². The average Bonchev–Trinajstić information content (AvgIpc) is 3.24. The number of aromatic nitrogens is 2. The zero-order chi connectivity index (χ0) is 28.6. The normalized spacial score (nSPS) is 19.2. The van der Waals surface area contributed by atoms with Gasteiger partial charge in [0.25, 0.3) is 5.91 Å². The van der Waals surface area contributed by atoms with Gasteiger partial charge in [-0.1, -0.05) is 42.5 Å². The highest BCUT2D eigenvalue weighted by Crippen LogP contribution is 2.39. The van der Waals surface area contributed by atoms with Gasteiger partial charge in [-0.3, -0.25) is 9.48 Å². The molecule has 39 heavy (non-hydrogen) atoms. The van der Waals surface area contributed by atoms with E-state index in [0.717, 1.165) is 25.7 Å². The highest BCUT2D eigenvalue weighted by Gasteiger charge is 2.29. The van der Waals surface area contributed by atoms with Crippen molar-refractivity contribution in [2.45, 2.75) is 88.7 Å². The number of benzene rings is 1. The van der Waals surface area contributed by atoms with E-state index in [1.165, 1.54) is 12.5 Å². The Balaban J connectivity index is 1.67. The molecule has 0 spiro atoms. The number of hydrogen-bond acceptors (Lipinski definition) is 6. The minimum Gasteiger partial charge on any atom is -0.348 e. The summed E-state index contributed by atoms with van der Waals surface area (Å²) < 4.78 is 53.8. The van der Waals surface area contributed by atoms with Crippen LogP contribution in [-0.2, 0) is 26.4 Å². The van der Waals surface area contributed by atoms with E-state index in [2.05, 4.69) is 15.1 Å². The van der Waals surface area contributed by atoms with Crippen molar-refractivity contribution in [3.8, 4) is 11.3 Å². The van der Waals surface area contributed by atoms with Gasteiger partial charge in [0, 0.05) is 23.7 Å². The van der Waals surface area contributed by atoms with Crippen molar-refractivity contribution in [2.75, 3.05) is 11.5 Å². The Hall–Kier alpha value is -1.66. The van der Waals surface area contributed by atoms with Crippen molar-refractivity contribution in [1.29, 1.82) is 0 Å². The lowest BCUT2D eigenvalue weighted by Gasteiger charge is -2.23. The number of rotatable bonds is 7. The van der Waals surface area contributed by atoms with Crippen molar-refractivity contribution in [3.05, 3.63) is 33.9 Å². The minimum absolute atomic E-state index is 0.0484. The molecule has 13 heteroatoms. The molecule has 2 aliphatic rings. The first-order valence-electron chi connectivity index (χ1n) is 13.3. The molecular weight excluding hydrogens is 583 g/mol. The van der Waals surface area contributed by atoms with Gasteiger partial charge < -0.3 is 5.32 Å². The van der Waals surface area contributed by atoms with Crippen LogP contribution < -0.4 is 10.0 Å². The van der Waals surface area contributed by atoms with E-state index in [9.17, 15) is 21.6 Å². The number of nitrogens with zero attached hydrogens (tertiary/aromatic N) is 2. The van der Waals surface area contributed by atoms with E-state index in [1.54, 1.807) is 37.6 Å². The number of halogens is 2. The summed E-state index contributed by atoms with van der Waals surface area (Å²) in [7, 11) is -6.98. The van der Waals surface area contributed by atoms with Crippen molar-refractivity contribution >= 4 is 49.0 Å². The third-order valence-corrected chi connectivity index (χ3v) is 11.6. The zero-order valence-corrected chi connectivity index (χ0v) is 25.6. The summed E-state index contributed by atoms with van der Waals surface area (Å²) >= 11 is 13.2. The Morgan fingerprint density at radius 1 is 1.05 bits per heavy atom. The fraction of sp³-hybridized carbons (Fsp3) is 0.615. The van der Waals surface area contributed by atoms with E-state index in [1.807, 2.05) is 0 Å². The molecule has 9 nitrogen and oxygen atoms in total. The van der Waals surface area contributed by atoms with Crippen LogP contribution in [-0.4, -0.2) is 55.6 Å². The van der Waals surface area contributed by atoms with Crippen LogP contribution in [0.2, 0.25) is 10.0 Å². The summed E-state index contributed by atoms with van der Waals surface area (Å²) in [5, 5.41) is 7.49. The van der Waals surface area contributed by atoms with Crippen LogP contribution in [0.1, 0.15) is 76.2 Å². The largest absolute Gasteiger partial charge is 0.348 e. The Kier molecular flexibility index (Phi) is 9.07. The molecule has 1 aromatic carbocycles. The summed E-state index contributed by atoms with van der Waals surface area (Å²) in [6, 6.07) is 4.40. The Bertz CT molecular complexity index is 1430. The van der Waals surface area contributed by atoms with E-state index in [4.69, 9.17) is 23.2 Å². The number of carbonyl (C=O) groups is 1. The van der Waals surface area contributed by atoms with Gasteiger partial charge in [-0.05, 0) is 70.6 Å². The van der Waals surface area contributed by atoms with Crippen LogP contribution in [0.3, 0.4) is 0 Å². The Morgan fingerprint density at radius 2 is 1.69 bits per heavy atom. The first-order chi connectivity index (χ1) is 18.2. The van der Waals surface area contributed by atoms with Gasteiger partial charge in [0.2, 0.25) is 10.0 Å². The van der Waals surface area contributed by atoms with Crippen molar-refractivity contribution < 1.29 is 21.6 Å². The van der Waals surface area contributed by atoms with Gasteiger partial charge in [-0.25, -0.2) is 21.6 Å². The molecule has 1 saturated carbocycles. The molecule has 4 rings (SSSR count). The zero-order valence-electron chi connectivity index (χ0n) is 22.5. The average molecular weight is 620 g/mol. The lowest BCUT2D eigenvalue weighted by Crippen LogP contribution is -2.41. The summed E-state index contributed by atoms with van der Waals surface area (Å²) in [6.45, 7) is 5.79. The van der Waals surface area contributed by atoms with Gasteiger partial charge in [-0.2, -0.15) is 5.10 Å². The number of nitrogens with one attached hydrogen (secondary N) is 2. The van der Waals surface area contributed by atoms with Crippen molar-refractivity contribution in [3.63, 3.8) is 0 Å². The van der Waals surface area contributed by atoms with Gasteiger partial charge in [0.05, 0.1) is 27.2 Å². The second kappa shape index (κ2) is 11.7. The molecule has 216 valence electrons. The van der Waals surface area contributed by atoms with Gasteiger partial charge in [-0.15, -0.1) is 0 Å². The smallest absolute Gasteiger partial charge is 0.272 e. The first kappa shape index (κ1) is 30.3. The summed E-state index contributed by atoms with van der Waals surface area (Å²) in [5.74, 6) is 0.0972. The second-order valence-corrected chi connectivity index (χ2v) is 16.3. The molecule has 1 aliphatic heterocycles. The Labute approximate surface area is 241 Å². The van der Waals surface area contributed by atoms with E-state index < -0.39 is 31.3 Å². The molecular formula is C26H36Cl2N4O5S2. The molecule has 0 radical (unpaired) electrons. The second-order valence-electron chi connectivity index (χ2n) is 11.6. The van der Waals surface area contributed by atoms with Crippen molar-refractivity contribution in [2.24, 2.45) is 5.92 Å². The molecule has 1 aliphatic carbocycles. The van der Waals surface area contributed by atoms with E-state index in [0.29, 0.717) is 36.6 Å². The summed E-state index contributed by atoms with van der Waals surface area (Å²) in [4.78, 5) is 13.0. The number of sulfone groups is 1. The maximum atomic E-state index is 13.2. The fourth-order valence-corrected chi connectivity index (χ4v) is 8.97. The van der Waals surface area contributed by atoms with Gasteiger partial charge in [0.1, 0.15) is 14.7 Å². The van der Waals surface area contributed by atoms with Crippen LogP contribution in [0.25, 0.3) is 11.3 Å². The predicted octanol–water partition coefficient (Wildman–Crippen LogP) is 4.82. The van der Waals surface area contributed by atoms with Crippen LogP contribution in [0, 0.1) is 5.92 Å². The molecule has 2 aromatic rings. The standard InChI is InChI=1S/C26H36Cl2N4O5S2/c1-26(2,3)31-39(36,37)22-10-9-19(23(27)24(22)28)21-15-20(30-32(21)16-17-7-5-4-6-8-17)25(33)29-18-11-13-38(34,35)14-12-18/h9-10,15,17-18,31H,4-8,11-14,16H2,1-3H3,(H,29,33). The molecule has 0 bridgehead atoms. The van der Waals surface area contributed by atoms with E-state index in [-0.39, 0.29) is 38.2 Å². The monoisotopic (exact) mass is 618 g/mol. The molecule has 1 aromatic heterocycles. The highest BCUT2D eigenvalue weighted by molar-refractivity contribution is 7.91. The SMILES string of the molecule is CC(C)(C)NS(=O)(=O)c1ccc(-c2cc(C(=O)NC3CCS(=O)(=O)CC3)nn2CC2CCCCC2)c(Cl)c1Cl. The fourth-order valence-electron chi connectivity index (χ4n) is 5.19. The summed E-state index contributed by atoms with van der Waals surface area (Å²) in [6.07, 6.45) is 6.32. The van der Waals surface area contributed by atoms with Gasteiger partial charge in [0.15, 0.2) is 5.69 Å². The lowest BCUT2D eigenvalue weighted by molar-refractivity contribution is 0.0928. The summed E-state index contributed by atoms with van der Waals surface area (Å²) in [5.41, 5.74) is 0.517. The number of carbonyl (C=O) groups excluding carboxylic acids is 1. The maximum absolute atomic E-state index is 13.2. The third-order valence-electron chi connectivity index (χ3n) is 7.11. The van der Waals surface area contributed by atoms with Crippen LogP contribution >= 0.6 is 23.2 Å². The lowest BCUT2D eigenvalue weighted by atomic mass is 9.89. The minimum atomic E-state index is -3.93. The highest BCUT2D eigenvalue weighted by atomic mass is 35.5. The Morgan fingerprint density at radius 3 is 2.31 bits per heavy atom. The first-order valence-corrected chi connectivity index (χ1v) is 17.3. The number of amides is 1.